The lowest BCUT2D eigenvalue weighted by molar-refractivity contribution is 1.02. The number of fused-ring (bicyclic) bond motifs is 2. The Hall–Kier alpha value is -5.38. The van der Waals surface area contributed by atoms with Crippen LogP contribution in [0.2, 0.25) is 0 Å². The predicted molar refractivity (Wildman–Crippen MR) is 133 cm³/mol. The molecule has 0 amide bonds. The zero-order chi connectivity index (χ0) is 23.9. The molecule has 6 aromatic heterocycles. The maximum atomic E-state index is 4.94. The van der Waals surface area contributed by atoms with Gasteiger partial charge in [-0.2, -0.15) is 0 Å². The van der Waals surface area contributed by atoms with Crippen molar-refractivity contribution in [3.8, 4) is 34.2 Å². The Morgan fingerprint density at radius 1 is 0.500 bits per heavy atom. The molecule has 0 bridgehead atoms. The number of hydrogen-bond acceptors (Lipinski definition) is 8. The summed E-state index contributed by atoms with van der Waals surface area (Å²) >= 11 is 0. The molecule has 0 aliphatic heterocycles. The van der Waals surface area contributed by atoms with Gasteiger partial charge in [-0.15, -0.1) is 0 Å². The second-order valence-electron chi connectivity index (χ2n) is 8.00. The fourth-order valence-corrected chi connectivity index (χ4v) is 4.23. The standard InChI is InChI=1S/C26H16N10/c1-2-6-18(20-8-4-10-24(34-20)36-16-32-26-22(36)12-28-14-30-26)17(5-1)19-7-3-9-23(33-19)35-15-31-25-21(35)11-27-13-29-25/h1-16H. The fourth-order valence-electron chi connectivity index (χ4n) is 4.23. The van der Waals surface area contributed by atoms with Crippen molar-refractivity contribution < 1.29 is 0 Å². The summed E-state index contributed by atoms with van der Waals surface area (Å²) in [7, 11) is 0. The van der Waals surface area contributed by atoms with E-state index in [2.05, 4.69) is 29.9 Å². The maximum absolute atomic E-state index is 4.94. The summed E-state index contributed by atoms with van der Waals surface area (Å²) in [6, 6.07) is 19.9. The number of rotatable bonds is 4. The quantitative estimate of drug-likeness (QED) is 0.380. The van der Waals surface area contributed by atoms with Crippen LogP contribution in [0.5, 0.6) is 0 Å². The average Bonchev–Trinajstić information content (AvgIpc) is 3.58. The third kappa shape index (κ3) is 3.28. The molecule has 7 rings (SSSR count). The molecule has 0 saturated carbocycles. The Morgan fingerprint density at radius 3 is 1.50 bits per heavy atom. The molecule has 0 radical (unpaired) electrons. The lowest BCUT2D eigenvalue weighted by Crippen LogP contribution is -2.00. The molecule has 0 atom stereocenters. The predicted octanol–water partition coefficient (Wildman–Crippen LogP) is 4.07. The molecule has 0 unspecified atom stereocenters. The van der Waals surface area contributed by atoms with E-state index in [1.54, 1.807) is 25.0 Å². The molecular formula is C26H16N10. The lowest BCUT2D eigenvalue weighted by Gasteiger charge is -2.12. The second kappa shape index (κ2) is 8.13. The van der Waals surface area contributed by atoms with Gasteiger partial charge in [0.2, 0.25) is 0 Å². The number of nitrogens with zero attached hydrogens (tertiary/aromatic N) is 10. The smallest absolute Gasteiger partial charge is 0.181 e. The van der Waals surface area contributed by atoms with E-state index in [1.165, 1.54) is 12.7 Å². The van der Waals surface area contributed by atoms with E-state index in [0.29, 0.717) is 11.3 Å². The van der Waals surface area contributed by atoms with Crippen LogP contribution < -0.4 is 0 Å². The van der Waals surface area contributed by atoms with E-state index in [0.717, 1.165) is 45.2 Å². The number of benzene rings is 1. The molecule has 0 aliphatic rings. The van der Waals surface area contributed by atoms with Crippen LogP contribution >= 0.6 is 0 Å². The topological polar surface area (TPSA) is 113 Å². The number of imidazole rings is 2. The van der Waals surface area contributed by atoms with Gasteiger partial charge in [0.25, 0.3) is 0 Å². The molecule has 6 heterocycles. The minimum absolute atomic E-state index is 0.621. The molecule has 0 N–H and O–H groups in total. The zero-order valence-electron chi connectivity index (χ0n) is 18.7. The van der Waals surface area contributed by atoms with Crippen LogP contribution in [0.15, 0.2) is 98.4 Å². The third-order valence-electron chi connectivity index (χ3n) is 5.90. The highest BCUT2D eigenvalue weighted by atomic mass is 15.1. The first-order valence-corrected chi connectivity index (χ1v) is 11.2. The van der Waals surface area contributed by atoms with Gasteiger partial charge in [0.1, 0.15) is 48.0 Å². The van der Waals surface area contributed by atoms with Crippen molar-refractivity contribution in [2.24, 2.45) is 0 Å². The summed E-state index contributed by atoms with van der Waals surface area (Å²) in [5.74, 6) is 1.46. The summed E-state index contributed by atoms with van der Waals surface area (Å²) in [4.78, 5) is 35.3. The first kappa shape index (κ1) is 20.0. The first-order valence-electron chi connectivity index (χ1n) is 11.2. The van der Waals surface area contributed by atoms with Crippen LogP contribution in [0.4, 0.5) is 0 Å². The van der Waals surface area contributed by atoms with E-state index in [1.807, 2.05) is 69.8 Å². The maximum Gasteiger partial charge on any atom is 0.181 e. The van der Waals surface area contributed by atoms with Crippen molar-refractivity contribution in [2.75, 3.05) is 0 Å². The minimum atomic E-state index is 0.621. The van der Waals surface area contributed by atoms with Crippen LogP contribution in [0.1, 0.15) is 0 Å². The van der Waals surface area contributed by atoms with Gasteiger partial charge in [-0.3, -0.25) is 9.13 Å². The molecule has 170 valence electrons. The lowest BCUT2D eigenvalue weighted by atomic mass is 10.0. The van der Waals surface area contributed by atoms with Gasteiger partial charge in [0.05, 0.1) is 23.8 Å². The van der Waals surface area contributed by atoms with Crippen LogP contribution in [-0.4, -0.2) is 49.0 Å². The van der Waals surface area contributed by atoms with Gasteiger partial charge in [-0.1, -0.05) is 36.4 Å². The normalized spacial score (nSPS) is 11.3. The van der Waals surface area contributed by atoms with Gasteiger partial charge < -0.3 is 0 Å². The first-order chi connectivity index (χ1) is 17.8. The molecule has 0 saturated heterocycles. The van der Waals surface area contributed by atoms with Crippen molar-refractivity contribution in [3.63, 3.8) is 0 Å². The van der Waals surface area contributed by atoms with Crippen molar-refractivity contribution in [2.45, 2.75) is 0 Å². The fraction of sp³-hybridized carbons (Fsp3) is 0. The number of aromatic nitrogens is 10. The molecule has 7 aromatic rings. The summed E-state index contributed by atoms with van der Waals surface area (Å²) in [5, 5.41) is 0. The SMILES string of the molecule is c1cc(-c2ccccc2-c2cccc(-n3cnc4ncncc43)n2)nc(-n2cnc3ncncc32)c1. The van der Waals surface area contributed by atoms with Gasteiger partial charge in [-0.25, -0.2) is 39.9 Å². The summed E-state index contributed by atoms with van der Waals surface area (Å²) < 4.78 is 3.76. The Labute approximate surface area is 204 Å². The highest BCUT2D eigenvalue weighted by Gasteiger charge is 2.14. The monoisotopic (exact) mass is 468 g/mol. The zero-order valence-corrected chi connectivity index (χ0v) is 18.7. The van der Waals surface area contributed by atoms with E-state index in [9.17, 15) is 0 Å². The van der Waals surface area contributed by atoms with E-state index < -0.39 is 0 Å². The molecule has 1 aromatic carbocycles. The second-order valence-corrected chi connectivity index (χ2v) is 8.00. The molecule has 36 heavy (non-hydrogen) atoms. The molecule has 0 spiro atoms. The molecular weight excluding hydrogens is 452 g/mol. The Morgan fingerprint density at radius 2 is 1.00 bits per heavy atom. The Kier molecular flexibility index (Phi) is 4.53. The van der Waals surface area contributed by atoms with Gasteiger partial charge in [0, 0.05) is 11.1 Å². The van der Waals surface area contributed by atoms with E-state index in [4.69, 9.17) is 9.97 Å². The average molecular weight is 468 g/mol. The summed E-state index contributed by atoms with van der Waals surface area (Å²) in [5.41, 5.74) is 6.38. The molecule has 10 heteroatoms. The summed E-state index contributed by atoms with van der Waals surface area (Å²) in [6.07, 6.45) is 9.86. The summed E-state index contributed by atoms with van der Waals surface area (Å²) in [6.45, 7) is 0. The van der Waals surface area contributed by atoms with Crippen molar-refractivity contribution in [1.29, 1.82) is 0 Å². The Balaban J connectivity index is 1.33. The molecule has 0 fully saturated rings. The van der Waals surface area contributed by atoms with Crippen molar-refractivity contribution >= 4 is 22.3 Å². The van der Waals surface area contributed by atoms with Gasteiger partial charge in [-0.05, 0) is 24.3 Å². The van der Waals surface area contributed by atoms with Crippen LogP contribution in [0, 0.1) is 0 Å². The number of pyridine rings is 2. The minimum Gasteiger partial charge on any atom is -0.280 e. The molecule has 0 aliphatic carbocycles. The number of hydrogen-bond donors (Lipinski definition) is 0. The molecule has 10 nitrogen and oxygen atoms in total. The van der Waals surface area contributed by atoms with Gasteiger partial charge >= 0.3 is 0 Å². The Bertz CT molecular complexity index is 1730. The van der Waals surface area contributed by atoms with Crippen LogP contribution in [0.3, 0.4) is 0 Å². The van der Waals surface area contributed by atoms with Crippen molar-refractivity contribution in [3.05, 3.63) is 98.4 Å². The third-order valence-corrected chi connectivity index (χ3v) is 5.90. The van der Waals surface area contributed by atoms with Crippen LogP contribution in [-0.2, 0) is 0 Å². The largest absolute Gasteiger partial charge is 0.280 e. The van der Waals surface area contributed by atoms with Crippen LogP contribution in [0.25, 0.3) is 56.5 Å². The van der Waals surface area contributed by atoms with E-state index >= 15 is 0 Å². The van der Waals surface area contributed by atoms with E-state index in [-0.39, 0.29) is 0 Å². The van der Waals surface area contributed by atoms with Gasteiger partial charge in [0.15, 0.2) is 11.3 Å². The highest BCUT2D eigenvalue weighted by molar-refractivity contribution is 5.81. The highest BCUT2D eigenvalue weighted by Crippen LogP contribution is 2.31. The van der Waals surface area contributed by atoms with Crippen molar-refractivity contribution in [1.82, 2.24) is 49.0 Å².